The quantitative estimate of drug-likeness (QED) is 0.574. The predicted octanol–water partition coefficient (Wildman–Crippen LogP) is 2.73. The van der Waals surface area contributed by atoms with Crippen LogP contribution in [0.15, 0.2) is 59.6 Å². The maximum Gasteiger partial charge on any atom is 0.229 e. The van der Waals surface area contributed by atoms with Crippen molar-refractivity contribution in [2.45, 2.75) is 17.9 Å². The maximum atomic E-state index is 11.7. The van der Waals surface area contributed by atoms with E-state index in [-0.39, 0.29) is 10.8 Å². The fraction of sp³-hybridized carbons (Fsp3) is 0.150. The molecule has 29 heavy (non-hydrogen) atoms. The third kappa shape index (κ3) is 4.52. The van der Waals surface area contributed by atoms with Crippen LogP contribution in [0.4, 0.5) is 23.1 Å². The minimum Gasteiger partial charge on any atom is -0.366 e. The Morgan fingerprint density at radius 3 is 2.83 bits per heavy atom. The van der Waals surface area contributed by atoms with Crippen molar-refractivity contribution in [2.24, 2.45) is 0 Å². The van der Waals surface area contributed by atoms with Crippen LogP contribution in [0.3, 0.4) is 0 Å². The largest absolute Gasteiger partial charge is 0.366 e. The maximum absolute atomic E-state index is 11.7. The van der Waals surface area contributed by atoms with Crippen LogP contribution in [-0.2, 0) is 27.6 Å². The van der Waals surface area contributed by atoms with E-state index < -0.39 is 9.84 Å². The summed E-state index contributed by atoms with van der Waals surface area (Å²) in [6, 6.07) is 14.1. The molecule has 0 radical (unpaired) electrons. The molecule has 2 heterocycles. The van der Waals surface area contributed by atoms with Crippen molar-refractivity contribution in [1.29, 1.82) is 0 Å². The standard InChI is InChI=1S/C20H19N5O3S/c1-29(27,28)16-4-2-3-13(9-16)12-22-18-7-8-21-20(25-18)23-15-6-5-14-10-19(26)24-17(14)11-15/h2-9,11H,10,12H2,1H3,(H,24,26)(H2,21,22,23,25). The third-order valence-electron chi connectivity index (χ3n) is 4.45. The number of hydrogen-bond donors (Lipinski definition) is 3. The molecule has 0 saturated heterocycles. The van der Waals surface area contributed by atoms with Crippen molar-refractivity contribution in [3.05, 3.63) is 65.9 Å². The molecule has 1 amide bonds. The highest BCUT2D eigenvalue weighted by atomic mass is 32.2. The summed E-state index contributed by atoms with van der Waals surface area (Å²) in [5, 5.41) is 9.11. The number of carbonyl (C=O) groups excluding carboxylic acids is 1. The lowest BCUT2D eigenvalue weighted by atomic mass is 10.1. The summed E-state index contributed by atoms with van der Waals surface area (Å²) in [5.41, 5.74) is 3.35. The van der Waals surface area contributed by atoms with Crippen LogP contribution in [0.2, 0.25) is 0 Å². The molecule has 148 valence electrons. The Morgan fingerprint density at radius 2 is 2.00 bits per heavy atom. The number of nitrogens with one attached hydrogen (secondary N) is 3. The van der Waals surface area contributed by atoms with E-state index in [1.165, 1.54) is 6.26 Å². The number of carbonyl (C=O) groups is 1. The summed E-state index contributed by atoms with van der Waals surface area (Å²) in [6.45, 7) is 0.421. The predicted molar refractivity (Wildman–Crippen MR) is 111 cm³/mol. The molecule has 2 aromatic carbocycles. The lowest BCUT2D eigenvalue weighted by Gasteiger charge is -2.10. The molecule has 8 nitrogen and oxygen atoms in total. The first-order chi connectivity index (χ1) is 13.9. The summed E-state index contributed by atoms with van der Waals surface area (Å²) < 4.78 is 23.4. The van der Waals surface area contributed by atoms with Crippen LogP contribution in [0.5, 0.6) is 0 Å². The smallest absolute Gasteiger partial charge is 0.229 e. The highest BCUT2D eigenvalue weighted by Gasteiger charge is 2.17. The molecule has 0 fully saturated rings. The monoisotopic (exact) mass is 409 g/mol. The van der Waals surface area contributed by atoms with Gasteiger partial charge in [-0.25, -0.2) is 13.4 Å². The Labute approximate surface area is 168 Å². The van der Waals surface area contributed by atoms with Gasteiger partial charge in [0.15, 0.2) is 9.84 Å². The number of sulfone groups is 1. The van der Waals surface area contributed by atoms with Crippen LogP contribution in [-0.4, -0.2) is 30.5 Å². The number of aromatic nitrogens is 2. The van der Waals surface area contributed by atoms with E-state index in [0.29, 0.717) is 24.7 Å². The molecule has 1 aromatic heterocycles. The van der Waals surface area contributed by atoms with Gasteiger partial charge >= 0.3 is 0 Å². The molecule has 0 unspecified atom stereocenters. The lowest BCUT2D eigenvalue weighted by molar-refractivity contribution is -0.115. The molecule has 3 N–H and O–H groups in total. The molecule has 9 heteroatoms. The van der Waals surface area contributed by atoms with Crippen LogP contribution in [0.25, 0.3) is 0 Å². The van der Waals surface area contributed by atoms with Gasteiger partial charge in [-0.3, -0.25) is 4.79 Å². The van der Waals surface area contributed by atoms with Crippen molar-refractivity contribution < 1.29 is 13.2 Å². The average molecular weight is 409 g/mol. The van der Waals surface area contributed by atoms with E-state index in [1.54, 1.807) is 30.5 Å². The zero-order valence-corrected chi connectivity index (χ0v) is 16.5. The fourth-order valence-electron chi connectivity index (χ4n) is 3.02. The first kappa shape index (κ1) is 18.9. The van der Waals surface area contributed by atoms with Crippen molar-refractivity contribution >= 4 is 38.9 Å². The summed E-state index contributed by atoms with van der Waals surface area (Å²) >= 11 is 0. The molecule has 1 aliphatic heterocycles. The van der Waals surface area contributed by atoms with Crippen molar-refractivity contribution in [2.75, 3.05) is 22.2 Å². The van der Waals surface area contributed by atoms with Crippen molar-refractivity contribution in [3.63, 3.8) is 0 Å². The van der Waals surface area contributed by atoms with Gasteiger partial charge in [0, 0.05) is 30.4 Å². The Morgan fingerprint density at radius 1 is 1.14 bits per heavy atom. The van der Waals surface area contributed by atoms with E-state index in [9.17, 15) is 13.2 Å². The SMILES string of the molecule is CS(=O)(=O)c1cccc(CNc2ccnc(Nc3ccc4c(c3)NC(=O)C4)n2)c1. The number of hydrogen-bond acceptors (Lipinski definition) is 7. The zero-order chi connectivity index (χ0) is 20.4. The Bertz CT molecular complexity index is 1190. The highest BCUT2D eigenvalue weighted by molar-refractivity contribution is 7.90. The molecule has 0 aliphatic carbocycles. The minimum absolute atomic E-state index is 0.0143. The van der Waals surface area contributed by atoms with Gasteiger partial charge in [-0.05, 0) is 41.5 Å². The van der Waals surface area contributed by atoms with E-state index in [2.05, 4.69) is 25.9 Å². The Balaban J connectivity index is 1.44. The fourth-order valence-corrected chi connectivity index (χ4v) is 3.71. The van der Waals surface area contributed by atoms with Crippen LogP contribution in [0.1, 0.15) is 11.1 Å². The molecule has 1 aliphatic rings. The number of nitrogens with zero attached hydrogens (tertiary/aromatic N) is 2. The minimum atomic E-state index is -3.25. The van der Waals surface area contributed by atoms with Gasteiger partial charge in [0.1, 0.15) is 5.82 Å². The van der Waals surface area contributed by atoms with Crippen LogP contribution >= 0.6 is 0 Å². The normalized spacial score (nSPS) is 12.9. The van der Waals surface area contributed by atoms with Crippen LogP contribution < -0.4 is 16.0 Å². The highest BCUT2D eigenvalue weighted by Crippen LogP contribution is 2.27. The third-order valence-corrected chi connectivity index (χ3v) is 5.56. The second-order valence-electron chi connectivity index (χ2n) is 6.76. The molecule has 0 saturated carbocycles. The van der Waals surface area contributed by atoms with Gasteiger partial charge < -0.3 is 16.0 Å². The van der Waals surface area contributed by atoms with Gasteiger partial charge in [-0.1, -0.05) is 18.2 Å². The summed E-state index contributed by atoms with van der Waals surface area (Å²) in [4.78, 5) is 20.4. The number of anilines is 4. The lowest BCUT2D eigenvalue weighted by Crippen LogP contribution is -2.05. The Hall–Kier alpha value is -3.46. The van der Waals surface area contributed by atoms with E-state index in [1.807, 2.05) is 24.3 Å². The molecule has 0 spiro atoms. The molecule has 3 aromatic rings. The number of fused-ring (bicyclic) bond motifs is 1. The molecular formula is C20H19N5O3S. The van der Waals surface area contributed by atoms with Gasteiger partial charge in [0.25, 0.3) is 0 Å². The van der Waals surface area contributed by atoms with Gasteiger partial charge in [0.2, 0.25) is 11.9 Å². The molecular weight excluding hydrogens is 390 g/mol. The first-order valence-electron chi connectivity index (χ1n) is 8.92. The second kappa shape index (κ2) is 7.51. The van der Waals surface area contributed by atoms with E-state index >= 15 is 0 Å². The van der Waals surface area contributed by atoms with Crippen molar-refractivity contribution in [1.82, 2.24) is 9.97 Å². The summed E-state index contributed by atoms with van der Waals surface area (Å²) in [6.07, 6.45) is 3.21. The number of benzene rings is 2. The van der Waals surface area contributed by atoms with E-state index in [4.69, 9.17) is 0 Å². The first-order valence-corrected chi connectivity index (χ1v) is 10.8. The average Bonchev–Trinajstić information content (AvgIpc) is 3.06. The Kier molecular flexibility index (Phi) is 4.89. The number of amides is 1. The molecule has 0 atom stereocenters. The van der Waals surface area contributed by atoms with Gasteiger partial charge in [-0.15, -0.1) is 0 Å². The topological polar surface area (TPSA) is 113 Å². The molecule has 0 bridgehead atoms. The van der Waals surface area contributed by atoms with E-state index in [0.717, 1.165) is 22.5 Å². The van der Waals surface area contributed by atoms with Gasteiger partial charge in [-0.2, -0.15) is 4.98 Å². The molecule has 4 rings (SSSR count). The summed E-state index contributed by atoms with van der Waals surface area (Å²) in [5.74, 6) is 0.991. The number of rotatable bonds is 6. The van der Waals surface area contributed by atoms with Crippen LogP contribution in [0, 0.1) is 0 Å². The van der Waals surface area contributed by atoms with Gasteiger partial charge in [0.05, 0.1) is 11.3 Å². The zero-order valence-electron chi connectivity index (χ0n) is 15.6. The second-order valence-corrected chi connectivity index (χ2v) is 8.78. The summed E-state index contributed by atoms with van der Waals surface area (Å²) in [7, 11) is -3.25. The van der Waals surface area contributed by atoms with Crippen molar-refractivity contribution in [3.8, 4) is 0 Å².